The number of nitrogens with zero attached hydrogens (tertiary/aromatic N) is 1. The Bertz CT molecular complexity index is 4380. The topological polar surface area (TPSA) is 29.5 Å². The minimum atomic E-state index is 0.914. The Balaban J connectivity index is 1.47. The molecular formula is C48H62B31NO2. The number of benzene rings is 8. The molecule has 364 valence electrons. The van der Waals surface area contributed by atoms with Crippen LogP contribution >= 0.6 is 0 Å². The Labute approximate surface area is 516 Å². The van der Waals surface area contributed by atoms with E-state index in [4.69, 9.17) is 8.83 Å². The van der Waals surface area contributed by atoms with E-state index >= 15 is 0 Å². The van der Waals surface area contributed by atoms with Gasteiger partial charge in [-0.1, -0.05) is 109 Å². The lowest BCUT2D eigenvalue weighted by molar-refractivity contribution is 0.668. The van der Waals surface area contributed by atoms with Crippen molar-refractivity contribution >= 4 is 474 Å². The van der Waals surface area contributed by atoms with Crippen LogP contribution in [0, 0.1) is 0 Å². The van der Waals surface area contributed by atoms with Crippen molar-refractivity contribution in [3.8, 4) is 33.4 Å². The fraction of sp³-hybridized carbons (Fsp3) is 0. The molecule has 0 aliphatic rings. The van der Waals surface area contributed by atoms with Gasteiger partial charge in [0.1, 0.15) is 260 Å². The van der Waals surface area contributed by atoms with Crippen molar-refractivity contribution in [1.29, 1.82) is 0 Å². The first-order valence-electron chi connectivity index (χ1n) is 30.2. The van der Waals surface area contributed by atoms with Crippen LogP contribution in [0.1, 0.15) is 0 Å². The predicted octanol–water partition coefficient (Wildman–Crippen LogP) is -40.0. The SMILES string of the molecule is Bc1c(B)c(B)c(-c2c(B)c(B)c(N(c3c(B)c(B)c(-c4c(B)c(B)c(B)c(B)c4B)c(B)c3B)c3c(B)c(B)c(B)c4c3oc3c(-c5c(B)c(B)c(B)c(B)c5B)c5c(oc6c(B)c(B)c(B)c(B)c65)c(B)c34)c(B)c2B)c(B)c1B. The summed E-state index contributed by atoms with van der Waals surface area (Å²) in [5, 5.41) is 4.64. The zero-order chi connectivity index (χ0) is 60.7. The van der Waals surface area contributed by atoms with Crippen molar-refractivity contribution in [3.63, 3.8) is 0 Å². The molecule has 10 rings (SSSR count). The van der Waals surface area contributed by atoms with Gasteiger partial charge in [0.15, 0.2) is 5.58 Å². The lowest BCUT2D eigenvalue weighted by Gasteiger charge is -2.38. The van der Waals surface area contributed by atoms with Crippen molar-refractivity contribution in [2.24, 2.45) is 0 Å². The number of rotatable bonds is 6. The van der Waals surface area contributed by atoms with E-state index in [9.17, 15) is 0 Å². The molecule has 8 aromatic carbocycles. The summed E-state index contributed by atoms with van der Waals surface area (Å²) in [6.45, 7) is 0. The van der Waals surface area contributed by atoms with Crippen molar-refractivity contribution in [3.05, 3.63) is 0 Å². The Kier molecular flexibility index (Phi) is 15.2. The molecule has 0 aliphatic carbocycles. The molecular weight excluding hydrogens is 958 g/mol. The Morgan fingerprint density at radius 2 is 0.354 bits per heavy atom. The molecule has 0 aliphatic heterocycles. The van der Waals surface area contributed by atoms with Gasteiger partial charge in [-0.3, -0.25) is 0 Å². The summed E-state index contributed by atoms with van der Waals surface area (Å²) in [6, 6.07) is 0. The molecule has 10 aromatic rings. The third kappa shape index (κ3) is 8.01. The average Bonchev–Trinajstić information content (AvgIpc) is 4.18. The van der Waals surface area contributed by atoms with E-state index in [-0.39, 0.29) is 0 Å². The molecule has 0 saturated heterocycles. The first kappa shape index (κ1) is 60.3. The second-order valence-electron chi connectivity index (χ2n) is 26.0. The van der Waals surface area contributed by atoms with Crippen LogP contribution in [0.4, 0.5) is 17.1 Å². The van der Waals surface area contributed by atoms with E-state index in [1.165, 1.54) is 208 Å². The average molecular weight is 1020 g/mol. The first-order valence-corrected chi connectivity index (χ1v) is 30.2. The van der Waals surface area contributed by atoms with Gasteiger partial charge in [-0.05, 0) is 33.3 Å². The fourth-order valence-corrected chi connectivity index (χ4v) is 15.5. The van der Waals surface area contributed by atoms with Crippen molar-refractivity contribution in [2.75, 3.05) is 4.90 Å². The molecule has 2 heterocycles. The predicted molar refractivity (Wildman–Crippen MR) is 466 cm³/mol. The van der Waals surface area contributed by atoms with Gasteiger partial charge < -0.3 is 13.7 Å². The first-order chi connectivity index (χ1) is 38.2. The minimum Gasteiger partial charge on any atom is -0.457 e. The van der Waals surface area contributed by atoms with Gasteiger partial charge in [0, 0.05) is 38.5 Å². The van der Waals surface area contributed by atoms with Crippen LogP contribution in [0.15, 0.2) is 8.83 Å². The molecule has 0 amide bonds. The highest BCUT2D eigenvalue weighted by Crippen LogP contribution is 2.44. The standard InChI is InChI=1S/C48H62B31NO2/c49-11-3(12(50)25(63)32(70)24(11)62)1-2-8-21(59)30(68)35(73)41(79)47(8)82-46(2)23(61)10-9-22(60)31(69)40(78)44(48(9)81-45(1)10)80(42-36(74)17(55)6(18(56)37(42)75)4-13(51)26(64)33(71)27(65)14(4)52)43-38(76)19(57)7(20(58)39(43)77)5-15(53)28(66)34(72)29(67)16(5)54/h49-79H2. The molecule has 2 aromatic heterocycles. The van der Waals surface area contributed by atoms with E-state index < -0.39 is 0 Å². The molecule has 34 heteroatoms. The van der Waals surface area contributed by atoms with Crippen LogP contribution in [-0.2, 0) is 0 Å². The summed E-state index contributed by atoms with van der Waals surface area (Å²) in [5.41, 5.74) is 55.8. The lowest BCUT2D eigenvalue weighted by atomic mass is 9.56. The molecule has 0 atom stereocenters. The second kappa shape index (κ2) is 20.7. The molecule has 0 N–H and O–H groups in total. The third-order valence-electron chi connectivity index (χ3n) is 23.1. The maximum Gasteiger partial charge on any atom is 0.158 e. The molecule has 0 saturated carbocycles. The monoisotopic (exact) mass is 1030 g/mol. The molecule has 3 nitrogen and oxygen atoms in total. The number of anilines is 3. The summed E-state index contributed by atoms with van der Waals surface area (Å²) in [6.07, 6.45) is 0. The summed E-state index contributed by atoms with van der Waals surface area (Å²) in [4.78, 5) is 2.71. The van der Waals surface area contributed by atoms with Crippen molar-refractivity contribution in [1.82, 2.24) is 0 Å². The molecule has 0 bridgehead atoms. The van der Waals surface area contributed by atoms with Gasteiger partial charge in [0.05, 0.1) is 5.69 Å². The zero-order valence-corrected chi connectivity index (χ0v) is 56.3. The quantitative estimate of drug-likeness (QED) is 0.155. The highest BCUT2D eigenvalue weighted by molar-refractivity contribution is 6.76. The van der Waals surface area contributed by atoms with E-state index in [2.05, 4.69) is 248 Å². The van der Waals surface area contributed by atoms with E-state index in [1.54, 1.807) is 0 Å². The van der Waals surface area contributed by atoms with Crippen LogP contribution < -0.4 is 174 Å². The van der Waals surface area contributed by atoms with Gasteiger partial charge in [0.25, 0.3) is 0 Å². The maximum atomic E-state index is 8.18. The zero-order valence-electron chi connectivity index (χ0n) is 56.3. The summed E-state index contributed by atoms with van der Waals surface area (Å²) in [5.74, 6) is 0. The summed E-state index contributed by atoms with van der Waals surface area (Å²) >= 11 is 0. The molecule has 0 spiro atoms. The number of hydrogen-bond acceptors (Lipinski definition) is 3. The summed E-state index contributed by atoms with van der Waals surface area (Å²) < 4.78 is 15.6. The maximum absolute atomic E-state index is 8.18. The van der Waals surface area contributed by atoms with Crippen LogP contribution in [0.2, 0.25) is 0 Å². The number of furan rings is 2. The Hall–Kier alpha value is -4.83. The lowest BCUT2D eigenvalue weighted by Crippen LogP contribution is -2.58. The van der Waals surface area contributed by atoms with E-state index in [1.807, 2.05) is 0 Å². The smallest absolute Gasteiger partial charge is 0.158 e. The summed E-state index contributed by atoms with van der Waals surface area (Å²) in [7, 11) is 72.3. The number of fused-ring (bicyclic) bond motifs is 6. The molecule has 0 fully saturated rings. The van der Waals surface area contributed by atoms with Crippen molar-refractivity contribution < 1.29 is 8.83 Å². The van der Waals surface area contributed by atoms with E-state index in [0.717, 1.165) is 55.2 Å². The minimum absolute atomic E-state index is 0.914. The largest absolute Gasteiger partial charge is 0.457 e. The van der Waals surface area contributed by atoms with Gasteiger partial charge in [-0.25, -0.2) is 0 Å². The highest BCUT2D eigenvalue weighted by atomic mass is 16.3. The fourth-order valence-electron chi connectivity index (χ4n) is 15.5. The van der Waals surface area contributed by atoms with Crippen LogP contribution in [0.3, 0.4) is 0 Å². The second-order valence-corrected chi connectivity index (χ2v) is 26.0. The van der Waals surface area contributed by atoms with Crippen LogP contribution in [-0.4, -0.2) is 243 Å². The Morgan fingerprint density at radius 1 is 0.146 bits per heavy atom. The van der Waals surface area contributed by atoms with Gasteiger partial charge >= 0.3 is 0 Å². The van der Waals surface area contributed by atoms with Gasteiger partial charge in [-0.15, -0.1) is 54.6 Å². The van der Waals surface area contributed by atoms with E-state index in [0.29, 0.717) is 0 Å². The van der Waals surface area contributed by atoms with Crippen LogP contribution in [0.25, 0.3) is 77.3 Å². The number of hydrogen-bond donors (Lipinski definition) is 0. The van der Waals surface area contributed by atoms with Crippen LogP contribution in [0.5, 0.6) is 0 Å². The van der Waals surface area contributed by atoms with Gasteiger partial charge in [0.2, 0.25) is 0 Å². The molecule has 0 radical (unpaired) electrons. The van der Waals surface area contributed by atoms with Crippen molar-refractivity contribution in [2.45, 2.75) is 0 Å². The normalized spacial score (nSPS) is 11.7. The van der Waals surface area contributed by atoms with Gasteiger partial charge in [-0.2, -0.15) is 0 Å². The molecule has 0 unspecified atom stereocenters. The molecule has 82 heavy (non-hydrogen) atoms. The Morgan fingerprint density at radius 3 is 0.695 bits per heavy atom. The highest BCUT2D eigenvalue weighted by Gasteiger charge is 2.35. The third-order valence-corrected chi connectivity index (χ3v) is 23.1.